The van der Waals surface area contributed by atoms with Crippen molar-refractivity contribution in [3.63, 3.8) is 0 Å². The number of pyridine rings is 1. The molecule has 0 bridgehead atoms. The molecule has 0 N–H and O–H groups in total. The Morgan fingerprint density at radius 3 is 1.98 bits per heavy atom. The number of aromatic nitrogens is 5. The van der Waals surface area contributed by atoms with E-state index in [0.29, 0.717) is 5.95 Å². The van der Waals surface area contributed by atoms with Crippen molar-refractivity contribution in [3.8, 4) is 44.5 Å². The fourth-order valence-corrected chi connectivity index (χ4v) is 9.84. The first-order valence-electron chi connectivity index (χ1n) is 19.1. The molecule has 6 heteroatoms. The smallest absolute Gasteiger partial charge is 0.235 e. The van der Waals surface area contributed by atoms with Crippen LogP contribution < -0.4 is 0 Å². The number of fused-ring (bicyclic) bond motifs is 9. The third-order valence-corrected chi connectivity index (χ3v) is 12.4. The average molecular weight is 746 g/mol. The van der Waals surface area contributed by atoms with Gasteiger partial charge >= 0.3 is 0 Å². The summed E-state index contributed by atoms with van der Waals surface area (Å²) in [6, 6.07) is 62.8. The summed E-state index contributed by atoms with van der Waals surface area (Å²) >= 11 is 1.75. The number of para-hydroxylation sites is 2. The lowest BCUT2D eigenvalue weighted by molar-refractivity contribution is 1.02. The van der Waals surface area contributed by atoms with Gasteiger partial charge in [-0.2, -0.15) is 0 Å². The Morgan fingerprint density at radius 2 is 1.14 bits per heavy atom. The molecular formula is C51H31N5S. The van der Waals surface area contributed by atoms with E-state index in [9.17, 15) is 0 Å². The van der Waals surface area contributed by atoms with Gasteiger partial charge < -0.3 is 4.57 Å². The Kier molecular flexibility index (Phi) is 7.03. The highest BCUT2D eigenvalue weighted by atomic mass is 32.1. The van der Waals surface area contributed by atoms with Gasteiger partial charge in [-0.1, -0.05) is 140 Å². The second kappa shape index (κ2) is 12.6. The fourth-order valence-electron chi connectivity index (χ4n) is 8.72. The molecule has 5 aromatic heterocycles. The van der Waals surface area contributed by atoms with E-state index in [1.807, 2.05) is 12.4 Å². The predicted octanol–water partition coefficient (Wildman–Crippen LogP) is 13.4. The monoisotopic (exact) mass is 745 g/mol. The molecule has 12 rings (SSSR count). The van der Waals surface area contributed by atoms with Gasteiger partial charge in [-0.3, -0.25) is 9.55 Å². The maximum Gasteiger partial charge on any atom is 0.235 e. The van der Waals surface area contributed by atoms with Crippen molar-refractivity contribution in [2.75, 3.05) is 0 Å². The highest BCUT2D eigenvalue weighted by molar-refractivity contribution is 7.22. The van der Waals surface area contributed by atoms with Crippen LogP contribution >= 0.6 is 11.3 Å². The summed E-state index contributed by atoms with van der Waals surface area (Å²) in [7, 11) is 0. The third-order valence-electron chi connectivity index (χ3n) is 11.2. The topological polar surface area (TPSA) is 48.5 Å². The molecule has 57 heavy (non-hydrogen) atoms. The molecule has 0 saturated carbocycles. The van der Waals surface area contributed by atoms with Gasteiger partial charge in [0.25, 0.3) is 0 Å². The molecule has 5 nitrogen and oxygen atoms in total. The zero-order valence-electron chi connectivity index (χ0n) is 30.5. The lowest BCUT2D eigenvalue weighted by Gasteiger charge is -2.12. The van der Waals surface area contributed by atoms with Crippen LogP contribution in [-0.2, 0) is 0 Å². The van der Waals surface area contributed by atoms with Crippen molar-refractivity contribution in [2.45, 2.75) is 0 Å². The summed E-state index contributed by atoms with van der Waals surface area (Å²) in [5.41, 5.74) is 12.0. The predicted molar refractivity (Wildman–Crippen MR) is 238 cm³/mol. The summed E-state index contributed by atoms with van der Waals surface area (Å²) in [4.78, 5) is 16.4. The minimum atomic E-state index is 0.655. The SMILES string of the molecule is c1ccc(-c2cc3nc(-n4c5ccc(-c6cccc7c8ccccc8n(-c8ccncc8)c67)cc5c5ccc6ccccc6c54)nc(-c4ccccc4)c3s2)cc1. The van der Waals surface area contributed by atoms with E-state index in [4.69, 9.17) is 9.97 Å². The van der Waals surface area contributed by atoms with E-state index >= 15 is 0 Å². The van der Waals surface area contributed by atoms with Gasteiger partial charge in [0.15, 0.2) is 0 Å². The van der Waals surface area contributed by atoms with Crippen LogP contribution in [0.3, 0.4) is 0 Å². The van der Waals surface area contributed by atoms with Crippen LogP contribution in [0.4, 0.5) is 0 Å². The van der Waals surface area contributed by atoms with Crippen molar-refractivity contribution >= 4 is 75.9 Å². The van der Waals surface area contributed by atoms with Crippen molar-refractivity contribution in [1.82, 2.24) is 24.1 Å². The van der Waals surface area contributed by atoms with Gasteiger partial charge in [0, 0.05) is 61.0 Å². The maximum absolute atomic E-state index is 5.47. The zero-order chi connectivity index (χ0) is 37.5. The van der Waals surface area contributed by atoms with E-state index in [0.717, 1.165) is 59.9 Å². The normalized spacial score (nSPS) is 11.9. The van der Waals surface area contributed by atoms with Crippen molar-refractivity contribution < 1.29 is 0 Å². The van der Waals surface area contributed by atoms with Gasteiger partial charge in [-0.25, -0.2) is 9.97 Å². The van der Waals surface area contributed by atoms with Gasteiger partial charge in [0.05, 0.1) is 38.0 Å². The number of thiophene rings is 1. The van der Waals surface area contributed by atoms with E-state index < -0.39 is 0 Å². The highest BCUT2D eigenvalue weighted by Gasteiger charge is 2.22. The lowest BCUT2D eigenvalue weighted by atomic mass is 9.99. The van der Waals surface area contributed by atoms with Crippen molar-refractivity contribution in [1.29, 1.82) is 0 Å². The van der Waals surface area contributed by atoms with Crippen molar-refractivity contribution in [3.05, 3.63) is 188 Å². The van der Waals surface area contributed by atoms with E-state index in [1.165, 1.54) is 43.2 Å². The summed E-state index contributed by atoms with van der Waals surface area (Å²) in [5.74, 6) is 0.655. The molecule has 0 fully saturated rings. The molecule has 0 aliphatic heterocycles. The van der Waals surface area contributed by atoms with Gasteiger partial charge in [0.1, 0.15) is 0 Å². The van der Waals surface area contributed by atoms with Gasteiger partial charge in [-0.15, -0.1) is 11.3 Å². The summed E-state index contributed by atoms with van der Waals surface area (Å²) in [6.07, 6.45) is 3.73. The lowest BCUT2D eigenvalue weighted by Crippen LogP contribution is -2.03. The zero-order valence-corrected chi connectivity index (χ0v) is 31.4. The summed E-state index contributed by atoms with van der Waals surface area (Å²) in [6.45, 7) is 0. The minimum absolute atomic E-state index is 0.655. The van der Waals surface area contributed by atoms with Gasteiger partial charge in [0.2, 0.25) is 5.95 Å². The molecule has 0 saturated heterocycles. The van der Waals surface area contributed by atoms with Crippen LogP contribution in [0.1, 0.15) is 0 Å². The first kappa shape index (κ1) is 31.9. The first-order valence-corrected chi connectivity index (χ1v) is 19.9. The summed E-state index contributed by atoms with van der Waals surface area (Å²) < 4.78 is 5.74. The number of hydrogen-bond donors (Lipinski definition) is 0. The number of rotatable bonds is 5. The molecule has 0 spiro atoms. The molecule has 0 radical (unpaired) electrons. The van der Waals surface area contributed by atoms with E-state index in [1.54, 1.807) is 11.3 Å². The summed E-state index contributed by atoms with van der Waals surface area (Å²) in [5, 5.41) is 7.08. The first-order chi connectivity index (χ1) is 28.3. The van der Waals surface area contributed by atoms with Crippen LogP contribution in [0.25, 0.3) is 109 Å². The van der Waals surface area contributed by atoms with Crippen LogP contribution in [0.2, 0.25) is 0 Å². The molecule has 0 aliphatic carbocycles. The minimum Gasteiger partial charge on any atom is -0.309 e. The molecule has 0 unspecified atom stereocenters. The van der Waals surface area contributed by atoms with Crippen molar-refractivity contribution in [2.24, 2.45) is 0 Å². The second-order valence-electron chi connectivity index (χ2n) is 14.4. The van der Waals surface area contributed by atoms with E-state index in [2.05, 4.69) is 190 Å². The number of hydrogen-bond acceptors (Lipinski definition) is 4. The molecule has 7 aromatic carbocycles. The number of nitrogens with zero attached hydrogens (tertiary/aromatic N) is 5. The van der Waals surface area contributed by atoms with Crippen LogP contribution in [0.15, 0.2) is 188 Å². The molecule has 5 heterocycles. The Balaban J connectivity index is 1.16. The second-order valence-corrected chi connectivity index (χ2v) is 15.5. The molecule has 0 atom stereocenters. The van der Waals surface area contributed by atoms with E-state index in [-0.39, 0.29) is 0 Å². The maximum atomic E-state index is 5.47. The average Bonchev–Trinajstić information content (AvgIpc) is 3.97. The Hall–Kier alpha value is -7.41. The Morgan fingerprint density at radius 1 is 0.439 bits per heavy atom. The molecular weight excluding hydrogens is 715 g/mol. The van der Waals surface area contributed by atoms with Gasteiger partial charge in [-0.05, 0) is 52.9 Å². The quantitative estimate of drug-likeness (QED) is 0.176. The van der Waals surface area contributed by atoms with Crippen LogP contribution in [0.5, 0.6) is 0 Å². The highest BCUT2D eigenvalue weighted by Crippen LogP contribution is 2.43. The Labute approximate surface area is 331 Å². The fraction of sp³-hybridized carbons (Fsp3) is 0. The largest absolute Gasteiger partial charge is 0.309 e. The Bertz CT molecular complexity index is 3510. The third kappa shape index (κ3) is 4.91. The van der Waals surface area contributed by atoms with Crippen LogP contribution in [0, 0.1) is 0 Å². The molecule has 12 aromatic rings. The standard InChI is InChI=1S/C51H31N5S/c1-3-13-33(14-4-1)46-31-43-50(57-46)47(34-15-5-2-6-16-34)54-51(53-43)56-45-25-23-35(30-42(45)41-24-22-32-12-7-8-17-37(32)49(41)56)38-19-11-20-40-39-18-9-10-21-44(39)55(48(38)40)36-26-28-52-29-27-36/h1-31H. The number of benzene rings is 7. The molecule has 0 aliphatic rings. The van der Waals surface area contributed by atoms with Crippen LogP contribution in [-0.4, -0.2) is 24.1 Å². The molecule has 0 amide bonds. The molecule has 266 valence electrons.